The van der Waals surface area contributed by atoms with Gasteiger partial charge in [0.1, 0.15) is 12.0 Å². The Morgan fingerprint density at radius 1 is 0.755 bits per heavy atom. The van der Waals surface area contributed by atoms with Crippen LogP contribution in [0.25, 0.3) is 22.3 Å². The molecule has 0 atom stereocenters. The molecule has 11 heteroatoms. The molecule has 1 fully saturated rings. The minimum Gasteiger partial charge on any atom is -0.346 e. The van der Waals surface area contributed by atoms with Crippen molar-refractivity contribution in [3.63, 3.8) is 0 Å². The van der Waals surface area contributed by atoms with Gasteiger partial charge in [0.05, 0.1) is 5.56 Å². The summed E-state index contributed by atoms with van der Waals surface area (Å²) in [6.07, 6.45) is -5.81. The normalized spacial score (nSPS) is 15.5. The maximum absolute atomic E-state index is 13.7. The van der Waals surface area contributed by atoms with Crippen LogP contribution in [0, 0.1) is 0 Å². The lowest BCUT2D eigenvalue weighted by atomic mass is 9.73. The van der Waals surface area contributed by atoms with E-state index in [1.807, 2.05) is 62.4 Å². The fourth-order valence-electron chi connectivity index (χ4n) is 7.66. The monoisotopic (exact) mass is 737 g/mol. The van der Waals surface area contributed by atoms with Crippen molar-refractivity contribution in [3.8, 4) is 22.3 Å². The Balaban J connectivity index is 0.00000266. The second-order valence-corrected chi connectivity index (χ2v) is 13.4. The summed E-state index contributed by atoms with van der Waals surface area (Å²) in [5.41, 5.74) is 2.70. The van der Waals surface area contributed by atoms with Crippen LogP contribution in [0.5, 0.6) is 0 Å². The summed E-state index contributed by atoms with van der Waals surface area (Å²) in [6.45, 7) is 4.83. The number of benzene rings is 4. The van der Waals surface area contributed by atoms with Crippen LogP contribution in [0.1, 0.15) is 73.0 Å². The van der Waals surface area contributed by atoms with E-state index in [-0.39, 0.29) is 11.9 Å². The van der Waals surface area contributed by atoms with E-state index in [2.05, 4.69) is 10.2 Å². The summed E-state index contributed by atoms with van der Waals surface area (Å²) in [4.78, 5) is 31.5. The van der Waals surface area contributed by atoms with E-state index in [1.54, 1.807) is 36.2 Å². The van der Waals surface area contributed by atoms with Crippen molar-refractivity contribution < 1.29 is 35.9 Å². The topological polar surface area (TPSA) is 52.7 Å². The molecule has 1 saturated heterocycles. The fraction of sp³-hybridized carbons (Fsp3) is 0.381. The number of piperidine rings is 1. The summed E-state index contributed by atoms with van der Waals surface area (Å²) in [7, 11) is 1.76. The highest BCUT2D eigenvalue weighted by Gasteiger charge is 2.49. The van der Waals surface area contributed by atoms with E-state index in [0.717, 1.165) is 73.3 Å². The van der Waals surface area contributed by atoms with Gasteiger partial charge < -0.3 is 15.1 Å². The molecule has 0 aromatic heterocycles. The van der Waals surface area contributed by atoms with E-state index in [1.165, 1.54) is 12.1 Å². The molecule has 4 aromatic rings. The number of nitrogens with zero attached hydrogens (tertiary/aromatic N) is 2. The van der Waals surface area contributed by atoms with E-state index >= 15 is 0 Å². The van der Waals surface area contributed by atoms with E-state index < -0.39 is 35.8 Å². The first-order chi connectivity index (χ1) is 25.3. The number of hydrogen-bond donors (Lipinski definition) is 1. The van der Waals surface area contributed by atoms with Crippen molar-refractivity contribution in [3.05, 3.63) is 119 Å². The van der Waals surface area contributed by atoms with Gasteiger partial charge in [-0.3, -0.25) is 9.59 Å². The number of amides is 2. The van der Waals surface area contributed by atoms with E-state index in [4.69, 9.17) is 0 Å². The molecule has 4 aromatic carbocycles. The summed E-state index contributed by atoms with van der Waals surface area (Å²) < 4.78 is 78.9. The van der Waals surface area contributed by atoms with Crippen LogP contribution < -0.4 is 5.32 Å². The van der Waals surface area contributed by atoms with Crippen molar-refractivity contribution >= 4 is 11.8 Å². The molecule has 1 aliphatic heterocycles. The lowest BCUT2D eigenvalue weighted by Gasteiger charge is -2.37. The van der Waals surface area contributed by atoms with Crippen molar-refractivity contribution in [2.24, 2.45) is 0 Å². The smallest absolute Gasteiger partial charge is 0.346 e. The van der Waals surface area contributed by atoms with Crippen LogP contribution in [0.15, 0.2) is 97.1 Å². The minimum absolute atomic E-state index is 0.0264. The Kier molecular flexibility index (Phi) is 12.4. The lowest BCUT2D eigenvalue weighted by Crippen LogP contribution is -2.47. The quantitative estimate of drug-likeness (QED) is 0.130. The molecule has 53 heavy (non-hydrogen) atoms. The number of carbonyl (C=O) groups is 2. The molecule has 1 N–H and O–H groups in total. The highest BCUT2D eigenvalue weighted by molar-refractivity contribution is 6.01. The van der Waals surface area contributed by atoms with Gasteiger partial charge in [-0.2, -0.15) is 26.3 Å². The third-order valence-corrected chi connectivity index (χ3v) is 10.3. The average Bonchev–Trinajstić information content (AvgIpc) is 3.46. The number of fused-ring (bicyclic) bond motifs is 3. The molecule has 6 rings (SSSR count). The zero-order valence-corrected chi connectivity index (χ0v) is 30.2. The zero-order chi connectivity index (χ0) is 38.4. The summed E-state index contributed by atoms with van der Waals surface area (Å²) in [5.74, 6) is -0.846. The van der Waals surface area contributed by atoms with Gasteiger partial charge in [0.15, 0.2) is 0 Å². The molecule has 282 valence electrons. The maximum Gasteiger partial charge on any atom is 0.416 e. The molecule has 5 nitrogen and oxygen atoms in total. The molecule has 0 radical (unpaired) electrons. The van der Waals surface area contributed by atoms with Crippen LogP contribution in [0.2, 0.25) is 0 Å². The summed E-state index contributed by atoms with van der Waals surface area (Å²) in [6, 6.07) is 26.6. The molecule has 1 aliphatic carbocycles. The van der Waals surface area contributed by atoms with Crippen LogP contribution in [-0.4, -0.2) is 67.1 Å². The van der Waals surface area contributed by atoms with Crippen LogP contribution >= 0.6 is 0 Å². The average molecular weight is 738 g/mol. The SMILES string of the molecule is CC.CN(C(=O)c1ccccc1-c1ccc(C(F)(F)F)cc1)C1CCN(CCCCC2(C(=O)NCC(F)(F)F)c3ccccc3-c3ccccc32)CC1. The van der Waals surface area contributed by atoms with Gasteiger partial charge in [0.25, 0.3) is 5.91 Å². The standard InChI is InChI=1S/C40H39F6N3O2.C2H6/c1-48(36(50)33-13-3-2-10-30(33)27-16-18-28(19-17-27)40(44,45)46)29-20-24-49(25-21-29)23-9-8-22-38(37(51)47-26-39(41,42)43)34-14-6-4-11-31(34)32-12-5-7-15-35(32)38;1-2/h2-7,10-19,29H,8-9,20-26H2,1H3,(H,47,51);1-2H3. The van der Waals surface area contributed by atoms with Crippen LogP contribution in [0.4, 0.5) is 26.3 Å². The Labute approximate surface area is 307 Å². The predicted molar refractivity (Wildman–Crippen MR) is 195 cm³/mol. The van der Waals surface area contributed by atoms with Gasteiger partial charge in [-0.25, -0.2) is 0 Å². The highest BCUT2D eigenvalue weighted by atomic mass is 19.4. The number of unbranched alkanes of at least 4 members (excludes halogenated alkanes) is 1. The molecule has 1 heterocycles. The number of carbonyl (C=O) groups excluding carboxylic acids is 2. The number of halogens is 6. The predicted octanol–water partition coefficient (Wildman–Crippen LogP) is 9.75. The van der Waals surface area contributed by atoms with Crippen molar-refractivity contribution in [1.29, 1.82) is 0 Å². The van der Waals surface area contributed by atoms with Gasteiger partial charge in [-0.1, -0.05) is 99.1 Å². The molecular formula is C42H45F6N3O2. The van der Waals surface area contributed by atoms with E-state index in [0.29, 0.717) is 29.5 Å². The first-order valence-corrected chi connectivity index (χ1v) is 18.1. The van der Waals surface area contributed by atoms with Crippen molar-refractivity contribution in [2.75, 3.05) is 33.2 Å². The number of rotatable bonds is 10. The molecule has 2 aliphatic rings. The van der Waals surface area contributed by atoms with E-state index in [9.17, 15) is 35.9 Å². The number of likely N-dealkylation sites (tertiary alicyclic amines) is 1. The Morgan fingerprint density at radius 3 is 1.83 bits per heavy atom. The first-order valence-electron chi connectivity index (χ1n) is 18.1. The van der Waals surface area contributed by atoms with Crippen molar-refractivity contribution in [1.82, 2.24) is 15.1 Å². The van der Waals surface area contributed by atoms with Gasteiger partial charge in [-0.15, -0.1) is 0 Å². The first kappa shape index (κ1) is 39.6. The Morgan fingerprint density at radius 2 is 1.28 bits per heavy atom. The second-order valence-electron chi connectivity index (χ2n) is 13.4. The minimum atomic E-state index is -4.53. The van der Waals surface area contributed by atoms with Gasteiger partial charge in [-0.05, 0) is 83.8 Å². The number of nitrogens with one attached hydrogen (secondary N) is 1. The highest BCUT2D eigenvalue weighted by Crippen LogP contribution is 2.51. The van der Waals surface area contributed by atoms with Gasteiger partial charge in [0, 0.05) is 31.7 Å². The molecular weight excluding hydrogens is 692 g/mol. The zero-order valence-electron chi connectivity index (χ0n) is 30.2. The molecule has 0 spiro atoms. The largest absolute Gasteiger partial charge is 0.416 e. The second kappa shape index (κ2) is 16.6. The molecule has 0 bridgehead atoms. The summed E-state index contributed by atoms with van der Waals surface area (Å²) in [5, 5.41) is 2.19. The van der Waals surface area contributed by atoms with Crippen LogP contribution in [0.3, 0.4) is 0 Å². The molecule has 2 amide bonds. The number of hydrogen-bond acceptors (Lipinski definition) is 3. The van der Waals surface area contributed by atoms with Gasteiger partial charge in [0.2, 0.25) is 5.91 Å². The van der Waals surface area contributed by atoms with Crippen LogP contribution in [-0.2, 0) is 16.4 Å². The lowest BCUT2D eigenvalue weighted by molar-refractivity contribution is -0.141. The third-order valence-electron chi connectivity index (χ3n) is 10.3. The molecule has 0 unspecified atom stereocenters. The summed E-state index contributed by atoms with van der Waals surface area (Å²) >= 11 is 0. The third kappa shape index (κ3) is 8.61. The number of alkyl halides is 6. The van der Waals surface area contributed by atoms with Gasteiger partial charge >= 0.3 is 12.4 Å². The Bertz CT molecular complexity index is 1820. The molecule has 0 saturated carbocycles. The fourth-order valence-corrected chi connectivity index (χ4v) is 7.66. The van der Waals surface area contributed by atoms with Crippen molar-refractivity contribution in [2.45, 2.75) is 69.8 Å². The maximum atomic E-state index is 13.7. The Hall–Kier alpha value is -4.64.